The highest BCUT2D eigenvalue weighted by atomic mass is 35.5. The monoisotopic (exact) mass is 481 g/mol. The van der Waals surface area contributed by atoms with Gasteiger partial charge < -0.3 is 10.1 Å². The molecular weight excluding hydrogens is 460 g/mol. The minimum Gasteiger partial charge on any atom is -0.420 e. The summed E-state index contributed by atoms with van der Waals surface area (Å²) in [6.07, 6.45) is 0.0475. The quantitative estimate of drug-likeness (QED) is 0.557. The number of alkyl halides is 3. The van der Waals surface area contributed by atoms with Crippen LogP contribution in [0.25, 0.3) is 0 Å². The van der Waals surface area contributed by atoms with Crippen molar-refractivity contribution in [3.8, 4) is 5.75 Å². The Morgan fingerprint density at radius 3 is 2.56 bits per heavy atom. The number of aliphatic imine (C=N–C) groups is 1. The maximum Gasteiger partial charge on any atom is 0.487 e. The van der Waals surface area contributed by atoms with Gasteiger partial charge in [0.1, 0.15) is 11.0 Å². The predicted octanol–water partition coefficient (Wildman–Crippen LogP) is 5.45. The van der Waals surface area contributed by atoms with Gasteiger partial charge in [0.25, 0.3) is 0 Å². The highest BCUT2D eigenvalue weighted by Gasteiger charge is 2.35. The van der Waals surface area contributed by atoms with Crippen LogP contribution in [0.3, 0.4) is 0 Å². The first-order chi connectivity index (χ1) is 15.1. The van der Waals surface area contributed by atoms with Crippen LogP contribution in [0.2, 0.25) is 0 Å². The van der Waals surface area contributed by atoms with Gasteiger partial charge in [0.05, 0.1) is 5.69 Å². The summed E-state index contributed by atoms with van der Waals surface area (Å²) in [5.41, 5.74) is -0.688. The molecule has 2 aromatic rings. The maximum atomic E-state index is 12.9. The molecule has 0 radical (unpaired) electrons. The van der Waals surface area contributed by atoms with Crippen LogP contribution in [0.4, 0.5) is 20.2 Å². The SMILES string of the molecule is CCN1C(=O)CC(C(=O)Nc2ccc(C)cc2C)SC1=Nc1ccc(OC(F)(F)Cl)cc1. The zero-order valence-electron chi connectivity index (χ0n) is 17.7. The van der Waals surface area contributed by atoms with Crippen molar-refractivity contribution in [2.45, 2.75) is 38.0 Å². The van der Waals surface area contributed by atoms with Crippen LogP contribution >= 0.6 is 23.4 Å². The molecule has 0 bridgehead atoms. The molecule has 6 nitrogen and oxygen atoms in total. The van der Waals surface area contributed by atoms with Crippen LogP contribution in [-0.4, -0.2) is 39.2 Å². The van der Waals surface area contributed by atoms with Crippen molar-refractivity contribution >= 4 is 51.7 Å². The largest absolute Gasteiger partial charge is 0.487 e. The number of nitrogens with one attached hydrogen (secondary N) is 1. The minimum atomic E-state index is -3.81. The number of rotatable bonds is 6. The summed E-state index contributed by atoms with van der Waals surface area (Å²) in [5, 5.41) is 2.60. The number of benzene rings is 2. The Kier molecular flexibility index (Phi) is 7.40. The Bertz CT molecular complexity index is 1040. The average molecular weight is 482 g/mol. The van der Waals surface area contributed by atoms with E-state index < -0.39 is 10.8 Å². The molecule has 1 aliphatic rings. The molecule has 0 aromatic heterocycles. The Morgan fingerprint density at radius 1 is 1.28 bits per heavy atom. The van der Waals surface area contributed by atoms with Crippen LogP contribution < -0.4 is 10.1 Å². The fraction of sp³-hybridized carbons (Fsp3) is 0.318. The summed E-state index contributed by atoms with van der Waals surface area (Å²) in [7, 11) is 0. The molecule has 1 atom stereocenters. The van der Waals surface area contributed by atoms with Crippen LogP contribution in [0.1, 0.15) is 24.5 Å². The Labute approximate surface area is 194 Å². The van der Waals surface area contributed by atoms with Gasteiger partial charge in [-0.15, -0.1) is 8.78 Å². The van der Waals surface area contributed by atoms with Gasteiger partial charge in [-0.3, -0.25) is 14.5 Å². The number of hydrogen-bond donors (Lipinski definition) is 1. The average Bonchev–Trinajstić information content (AvgIpc) is 2.70. The third-order valence-electron chi connectivity index (χ3n) is 4.68. The first kappa shape index (κ1) is 24.0. The number of thioether (sulfide) groups is 1. The number of anilines is 1. The van der Waals surface area contributed by atoms with Gasteiger partial charge in [-0.25, -0.2) is 4.99 Å². The van der Waals surface area contributed by atoms with Crippen LogP contribution in [-0.2, 0) is 9.59 Å². The number of hydrogen-bond acceptors (Lipinski definition) is 5. The topological polar surface area (TPSA) is 71.0 Å². The van der Waals surface area contributed by atoms with Crippen molar-refractivity contribution in [1.29, 1.82) is 0 Å². The van der Waals surface area contributed by atoms with Crippen molar-refractivity contribution in [2.75, 3.05) is 11.9 Å². The van der Waals surface area contributed by atoms with Crippen molar-refractivity contribution in [3.63, 3.8) is 0 Å². The molecule has 2 aromatic carbocycles. The molecule has 1 fully saturated rings. The molecule has 170 valence electrons. The molecule has 10 heteroatoms. The standard InChI is InChI=1S/C22H22ClF2N3O3S/c1-4-28-19(29)12-18(20(30)27-17-10-5-13(2)11-14(17)3)32-21(28)26-15-6-8-16(9-7-15)31-22(23,24)25/h5-11,18H,4,12H2,1-3H3,(H,27,30). The van der Waals surface area contributed by atoms with E-state index in [-0.39, 0.29) is 24.0 Å². The normalized spacial score (nSPS) is 18.1. The number of carbonyl (C=O) groups excluding carboxylic acids is 2. The lowest BCUT2D eigenvalue weighted by Crippen LogP contribution is -2.45. The number of ether oxygens (including phenoxy) is 1. The zero-order valence-corrected chi connectivity index (χ0v) is 19.3. The molecule has 2 amide bonds. The maximum absolute atomic E-state index is 12.9. The van der Waals surface area contributed by atoms with Gasteiger partial charge >= 0.3 is 5.57 Å². The summed E-state index contributed by atoms with van der Waals surface area (Å²) in [5.74, 6) is -0.626. The van der Waals surface area contributed by atoms with Crippen molar-refractivity contribution in [1.82, 2.24) is 4.90 Å². The Balaban J connectivity index is 1.78. The molecular formula is C22H22ClF2N3O3S. The molecule has 1 N–H and O–H groups in total. The van der Waals surface area contributed by atoms with E-state index in [2.05, 4.69) is 15.0 Å². The first-order valence-electron chi connectivity index (χ1n) is 9.85. The van der Waals surface area contributed by atoms with Crippen molar-refractivity contribution in [3.05, 3.63) is 53.6 Å². The lowest BCUT2D eigenvalue weighted by Gasteiger charge is -2.31. The number of nitrogens with zero attached hydrogens (tertiary/aromatic N) is 2. The molecule has 0 saturated carbocycles. The molecule has 1 saturated heterocycles. The highest BCUT2D eigenvalue weighted by molar-refractivity contribution is 8.15. The highest BCUT2D eigenvalue weighted by Crippen LogP contribution is 2.31. The van der Waals surface area contributed by atoms with E-state index in [1.165, 1.54) is 40.9 Å². The number of carbonyl (C=O) groups is 2. The third-order valence-corrected chi connectivity index (χ3v) is 5.95. The Hall–Kier alpha value is -2.65. The molecule has 32 heavy (non-hydrogen) atoms. The molecule has 0 spiro atoms. The predicted molar refractivity (Wildman–Crippen MR) is 123 cm³/mol. The van der Waals surface area contributed by atoms with E-state index in [0.29, 0.717) is 23.1 Å². The van der Waals surface area contributed by atoms with Gasteiger partial charge in [0, 0.05) is 30.3 Å². The van der Waals surface area contributed by atoms with E-state index in [1.807, 2.05) is 39.0 Å². The van der Waals surface area contributed by atoms with Crippen molar-refractivity contribution < 1.29 is 23.1 Å². The van der Waals surface area contributed by atoms with Gasteiger partial charge in [-0.1, -0.05) is 29.5 Å². The van der Waals surface area contributed by atoms with Gasteiger partial charge in [-0.05, 0) is 56.7 Å². The fourth-order valence-electron chi connectivity index (χ4n) is 3.15. The summed E-state index contributed by atoms with van der Waals surface area (Å²) in [4.78, 5) is 31.5. The van der Waals surface area contributed by atoms with E-state index >= 15 is 0 Å². The summed E-state index contributed by atoms with van der Waals surface area (Å²) in [6.45, 7) is 6.07. The fourth-order valence-corrected chi connectivity index (χ4v) is 4.40. The number of aryl methyl sites for hydroxylation is 2. The van der Waals surface area contributed by atoms with Crippen LogP contribution in [0, 0.1) is 13.8 Å². The zero-order chi connectivity index (χ0) is 23.5. The lowest BCUT2D eigenvalue weighted by atomic mass is 10.1. The number of halogens is 3. The first-order valence-corrected chi connectivity index (χ1v) is 11.1. The number of amidine groups is 1. The minimum absolute atomic E-state index is 0.0475. The van der Waals surface area contributed by atoms with Crippen molar-refractivity contribution in [2.24, 2.45) is 4.99 Å². The molecule has 3 rings (SSSR count). The lowest BCUT2D eigenvalue weighted by molar-refractivity contribution is -0.129. The molecule has 1 aliphatic heterocycles. The molecule has 0 aliphatic carbocycles. The van der Waals surface area contributed by atoms with Gasteiger partial charge in [0.15, 0.2) is 5.17 Å². The second kappa shape index (κ2) is 9.87. The second-order valence-corrected chi connectivity index (χ2v) is 8.80. The molecule has 1 heterocycles. The second-order valence-electron chi connectivity index (χ2n) is 7.19. The van der Waals surface area contributed by atoms with E-state index in [1.54, 1.807) is 0 Å². The van der Waals surface area contributed by atoms with E-state index in [0.717, 1.165) is 11.1 Å². The Morgan fingerprint density at radius 2 is 1.97 bits per heavy atom. The smallest absolute Gasteiger partial charge is 0.420 e. The van der Waals surface area contributed by atoms with Gasteiger partial charge in [-0.2, -0.15) is 0 Å². The van der Waals surface area contributed by atoms with E-state index in [9.17, 15) is 18.4 Å². The summed E-state index contributed by atoms with van der Waals surface area (Å²) < 4.78 is 29.8. The number of amides is 2. The summed E-state index contributed by atoms with van der Waals surface area (Å²) in [6, 6.07) is 11.2. The third kappa shape index (κ3) is 6.20. The van der Waals surface area contributed by atoms with Crippen LogP contribution in [0.5, 0.6) is 5.75 Å². The molecule has 1 unspecified atom stereocenters. The van der Waals surface area contributed by atoms with Crippen LogP contribution in [0.15, 0.2) is 47.5 Å². The van der Waals surface area contributed by atoms with E-state index in [4.69, 9.17) is 11.6 Å². The summed E-state index contributed by atoms with van der Waals surface area (Å²) >= 11 is 5.95. The van der Waals surface area contributed by atoms with Gasteiger partial charge in [0.2, 0.25) is 11.8 Å².